The molecule has 0 fully saturated rings. The molecule has 0 atom stereocenters. The molecule has 0 heterocycles. The molecule has 2 aromatic carbocycles. The van der Waals surface area contributed by atoms with Gasteiger partial charge in [0, 0.05) is 11.0 Å². The normalized spacial score (nSPS) is 11.4. The van der Waals surface area contributed by atoms with Crippen LogP contribution in [-0.4, -0.2) is 10.2 Å². The van der Waals surface area contributed by atoms with Crippen molar-refractivity contribution < 1.29 is 10.2 Å². The summed E-state index contributed by atoms with van der Waals surface area (Å²) in [5.74, 6) is 0.549. The first-order chi connectivity index (χ1) is 8.01. The van der Waals surface area contributed by atoms with Gasteiger partial charge in [-0.15, -0.1) is 0 Å². The first-order valence-electron chi connectivity index (χ1n) is 5.60. The van der Waals surface area contributed by atoms with Crippen LogP contribution in [-0.2, 0) is 5.41 Å². The van der Waals surface area contributed by atoms with Gasteiger partial charge in [0.15, 0.2) is 0 Å². The highest BCUT2D eigenvalue weighted by Crippen LogP contribution is 2.36. The highest BCUT2D eigenvalue weighted by atomic mass is 16.3. The number of para-hydroxylation sites is 1. The lowest BCUT2D eigenvalue weighted by Gasteiger charge is -2.26. The van der Waals surface area contributed by atoms with Gasteiger partial charge in [0.05, 0.1) is 0 Å². The maximum atomic E-state index is 9.91. The Hall–Kier alpha value is -1.96. The Morgan fingerprint density at radius 1 is 0.824 bits per heavy atom. The summed E-state index contributed by atoms with van der Waals surface area (Å²) in [6, 6.07) is 14.4. The molecule has 17 heavy (non-hydrogen) atoms. The van der Waals surface area contributed by atoms with Gasteiger partial charge in [-0.25, -0.2) is 0 Å². The van der Waals surface area contributed by atoms with Gasteiger partial charge in [0.2, 0.25) is 0 Å². The van der Waals surface area contributed by atoms with Crippen LogP contribution in [0.25, 0.3) is 0 Å². The number of phenolic OH excluding ortho intramolecular Hbond substituents is 2. The SMILES string of the molecule is CC(C)(c1ccc(O)cc1)c1ccccc1O. The van der Waals surface area contributed by atoms with Crippen LogP contribution in [0.2, 0.25) is 0 Å². The lowest BCUT2D eigenvalue weighted by atomic mass is 9.78. The fourth-order valence-electron chi connectivity index (χ4n) is 2.04. The molecule has 0 bridgehead atoms. The van der Waals surface area contributed by atoms with Gasteiger partial charge >= 0.3 is 0 Å². The third kappa shape index (κ3) is 2.11. The zero-order valence-electron chi connectivity index (χ0n) is 10.0. The van der Waals surface area contributed by atoms with Crippen LogP contribution in [0, 0.1) is 0 Å². The molecule has 0 aliphatic heterocycles. The van der Waals surface area contributed by atoms with Crippen molar-refractivity contribution in [2.75, 3.05) is 0 Å². The van der Waals surface area contributed by atoms with Gasteiger partial charge in [0.1, 0.15) is 11.5 Å². The Morgan fingerprint density at radius 2 is 1.41 bits per heavy atom. The molecule has 0 amide bonds. The largest absolute Gasteiger partial charge is 0.508 e. The number of hydrogen-bond acceptors (Lipinski definition) is 2. The average molecular weight is 228 g/mol. The van der Waals surface area contributed by atoms with Crippen molar-refractivity contribution in [2.24, 2.45) is 0 Å². The van der Waals surface area contributed by atoms with Crippen molar-refractivity contribution in [2.45, 2.75) is 19.3 Å². The number of hydrogen-bond donors (Lipinski definition) is 2. The van der Waals surface area contributed by atoms with E-state index in [0.717, 1.165) is 11.1 Å². The van der Waals surface area contributed by atoms with E-state index in [2.05, 4.69) is 13.8 Å². The predicted octanol–water partition coefficient (Wildman–Crippen LogP) is 3.42. The van der Waals surface area contributed by atoms with Crippen LogP contribution in [0.1, 0.15) is 25.0 Å². The van der Waals surface area contributed by atoms with Gasteiger partial charge < -0.3 is 10.2 Å². The molecule has 2 aromatic rings. The quantitative estimate of drug-likeness (QED) is 0.826. The summed E-state index contributed by atoms with van der Waals surface area (Å²) < 4.78 is 0. The predicted molar refractivity (Wildman–Crippen MR) is 68.3 cm³/mol. The fourth-order valence-corrected chi connectivity index (χ4v) is 2.04. The second-order valence-corrected chi connectivity index (χ2v) is 4.69. The van der Waals surface area contributed by atoms with E-state index < -0.39 is 0 Å². The maximum absolute atomic E-state index is 9.91. The van der Waals surface area contributed by atoms with Crippen molar-refractivity contribution in [1.29, 1.82) is 0 Å². The third-order valence-electron chi connectivity index (χ3n) is 3.17. The van der Waals surface area contributed by atoms with Crippen LogP contribution in [0.3, 0.4) is 0 Å². The minimum absolute atomic E-state index is 0.252. The summed E-state index contributed by atoms with van der Waals surface area (Å²) in [7, 11) is 0. The van der Waals surface area contributed by atoms with Crippen molar-refractivity contribution in [3.8, 4) is 11.5 Å². The van der Waals surface area contributed by atoms with Gasteiger partial charge in [-0.05, 0) is 23.8 Å². The molecule has 0 saturated carbocycles. The monoisotopic (exact) mass is 228 g/mol. The summed E-state index contributed by atoms with van der Waals surface area (Å²) in [4.78, 5) is 0. The molecule has 0 spiro atoms. The van der Waals surface area contributed by atoms with Crippen LogP contribution in [0.4, 0.5) is 0 Å². The first kappa shape index (κ1) is 11.5. The fraction of sp³-hybridized carbons (Fsp3) is 0.200. The molecule has 88 valence electrons. The van der Waals surface area contributed by atoms with Crippen LogP contribution < -0.4 is 0 Å². The topological polar surface area (TPSA) is 40.5 Å². The molecule has 0 aromatic heterocycles. The number of benzene rings is 2. The zero-order valence-corrected chi connectivity index (χ0v) is 10.0. The lowest BCUT2D eigenvalue weighted by Crippen LogP contribution is -2.18. The average Bonchev–Trinajstić information content (AvgIpc) is 2.30. The van der Waals surface area contributed by atoms with E-state index in [0.29, 0.717) is 5.75 Å². The van der Waals surface area contributed by atoms with E-state index in [1.165, 1.54) is 0 Å². The molecule has 2 nitrogen and oxygen atoms in total. The number of phenols is 2. The second kappa shape index (κ2) is 4.13. The van der Waals surface area contributed by atoms with E-state index in [4.69, 9.17) is 0 Å². The van der Waals surface area contributed by atoms with Crippen molar-refractivity contribution in [3.05, 3.63) is 59.7 Å². The third-order valence-corrected chi connectivity index (χ3v) is 3.17. The van der Waals surface area contributed by atoms with Gasteiger partial charge in [-0.2, -0.15) is 0 Å². The summed E-state index contributed by atoms with van der Waals surface area (Å²) >= 11 is 0. The Balaban J connectivity index is 2.49. The highest BCUT2D eigenvalue weighted by Gasteiger charge is 2.25. The molecule has 0 saturated heterocycles. The van der Waals surface area contributed by atoms with Crippen LogP contribution in [0.5, 0.6) is 11.5 Å². The standard InChI is InChI=1S/C15H16O2/c1-15(2,11-7-9-12(16)10-8-11)13-5-3-4-6-14(13)17/h3-10,16-17H,1-2H3. The van der Waals surface area contributed by atoms with E-state index in [1.54, 1.807) is 18.2 Å². The Morgan fingerprint density at radius 3 is 2.00 bits per heavy atom. The Kier molecular flexibility index (Phi) is 2.80. The van der Waals surface area contributed by atoms with E-state index in [9.17, 15) is 10.2 Å². The molecule has 0 radical (unpaired) electrons. The van der Waals surface area contributed by atoms with Crippen LogP contribution in [0.15, 0.2) is 48.5 Å². The minimum atomic E-state index is -0.293. The molecular formula is C15H16O2. The molecule has 2 rings (SSSR count). The summed E-state index contributed by atoms with van der Waals surface area (Å²) in [5.41, 5.74) is 1.64. The summed E-state index contributed by atoms with van der Waals surface area (Å²) in [6.07, 6.45) is 0. The van der Waals surface area contributed by atoms with Gasteiger partial charge in [0.25, 0.3) is 0 Å². The number of rotatable bonds is 2. The molecule has 2 N–H and O–H groups in total. The highest BCUT2D eigenvalue weighted by molar-refractivity contribution is 5.45. The Labute approximate surface area is 101 Å². The van der Waals surface area contributed by atoms with Crippen molar-refractivity contribution in [3.63, 3.8) is 0 Å². The smallest absolute Gasteiger partial charge is 0.119 e. The van der Waals surface area contributed by atoms with Gasteiger partial charge in [-0.3, -0.25) is 0 Å². The molecular weight excluding hydrogens is 212 g/mol. The molecule has 0 aliphatic carbocycles. The van der Waals surface area contributed by atoms with Crippen molar-refractivity contribution >= 4 is 0 Å². The maximum Gasteiger partial charge on any atom is 0.119 e. The lowest BCUT2D eigenvalue weighted by molar-refractivity contribution is 0.452. The molecule has 0 aliphatic rings. The molecule has 0 unspecified atom stereocenters. The van der Waals surface area contributed by atoms with Crippen LogP contribution >= 0.6 is 0 Å². The van der Waals surface area contributed by atoms with E-state index >= 15 is 0 Å². The van der Waals surface area contributed by atoms with Gasteiger partial charge in [-0.1, -0.05) is 44.2 Å². The Bertz CT molecular complexity index is 513. The second-order valence-electron chi connectivity index (χ2n) is 4.69. The number of aromatic hydroxyl groups is 2. The zero-order chi connectivity index (χ0) is 12.5. The summed E-state index contributed by atoms with van der Waals surface area (Å²) in [6.45, 7) is 4.10. The minimum Gasteiger partial charge on any atom is -0.508 e. The van der Waals surface area contributed by atoms with E-state index in [-0.39, 0.29) is 11.2 Å². The first-order valence-corrected chi connectivity index (χ1v) is 5.60. The van der Waals surface area contributed by atoms with E-state index in [1.807, 2.05) is 30.3 Å². The van der Waals surface area contributed by atoms with Crippen molar-refractivity contribution in [1.82, 2.24) is 0 Å². The summed E-state index contributed by atoms with van der Waals surface area (Å²) in [5, 5.41) is 19.2. The molecule has 2 heteroatoms.